The third-order valence-electron chi connectivity index (χ3n) is 5.00. The van der Waals surface area contributed by atoms with Crippen molar-refractivity contribution >= 4 is 28.6 Å². The summed E-state index contributed by atoms with van der Waals surface area (Å²) in [4.78, 5) is 36.4. The van der Waals surface area contributed by atoms with Gasteiger partial charge in [0.05, 0.1) is 18.4 Å². The van der Waals surface area contributed by atoms with Crippen LogP contribution >= 0.6 is 11.6 Å². The van der Waals surface area contributed by atoms with Crippen molar-refractivity contribution in [2.45, 2.75) is 50.9 Å². The van der Waals surface area contributed by atoms with E-state index >= 15 is 0 Å². The average Bonchev–Trinajstić information content (AvgIpc) is 2.62. The lowest BCUT2D eigenvalue weighted by Crippen LogP contribution is -2.74. The number of fused-ring (bicyclic) bond motifs is 3. The molecule has 29 heavy (non-hydrogen) atoms. The van der Waals surface area contributed by atoms with Gasteiger partial charge >= 0.3 is 6.09 Å². The number of ether oxygens (including phenoxy) is 2. The van der Waals surface area contributed by atoms with Crippen LogP contribution in [0.15, 0.2) is 11.1 Å². The standard InChI is InChI=1S/C18H21ClFN5O4/c1-18(2,3)29-17(27)25-8-4-10(25)9(21-5-8)6-28-16-11-13(12(20)14(19)24-16)22-7-23-15(11)26/h7-10,21H,4-6H2,1-3H3,(H,22,23,26)/t8?,9-,10+/m1/s1. The molecule has 5 rings (SSSR count). The number of halogens is 2. The highest BCUT2D eigenvalue weighted by atomic mass is 35.5. The van der Waals surface area contributed by atoms with E-state index in [4.69, 9.17) is 21.1 Å². The quantitative estimate of drug-likeness (QED) is 0.722. The van der Waals surface area contributed by atoms with E-state index in [-0.39, 0.29) is 47.6 Å². The van der Waals surface area contributed by atoms with Gasteiger partial charge < -0.3 is 19.8 Å². The zero-order valence-electron chi connectivity index (χ0n) is 16.2. The van der Waals surface area contributed by atoms with Crippen molar-refractivity contribution in [3.05, 3.63) is 27.7 Å². The van der Waals surface area contributed by atoms with Crippen LogP contribution in [0.3, 0.4) is 0 Å². The molecule has 11 heteroatoms. The largest absolute Gasteiger partial charge is 0.475 e. The molecule has 0 saturated carbocycles. The van der Waals surface area contributed by atoms with Crippen LogP contribution in [-0.4, -0.2) is 62.8 Å². The number of amides is 1. The number of hydrogen-bond acceptors (Lipinski definition) is 7. The highest BCUT2D eigenvalue weighted by Gasteiger charge is 2.51. The van der Waals surface area contributed by atoms with Crippen LogP contribution in [0, 0.1) is 5.82 Å². The Hall–Kier alpha value is -2.46. The maximum Gasteiger partial charge on any atom is 0.410 e. The Bertz CT molecular complexity index is 1020. The maximum atomic E-state index is 14.2. The van der Waals surface area contributed by atoms with E-state index < -0.39 is 22.1 Å². The third-order valence-corrected chi connectivity index (χ3v) is 5.25. The molecule has 3 aliphatic heterocycles. The zero-order valence-corrected chi connectivity index (χ0v) is 16.9. The fraction of sp³-hybridized carbons (Fsp3) is 0.556. The van der Waals surface area contributed by atoms with Crippen molar-refractivity contribution in [2.75, 3.05) is 13.2 Å². The first-order valence-electron chi connectivity index (χ1n) is 9.25. The van der Waals surface area contributed by atoms with Crippen molar-refractivity contribution < 1.29 is 18.7 Å². The molecule has 9 nitrogen and oxygen atoms in total. The number of rotatable bonds is 3. The highest BCUT2D eigenvalue weighted by Crippen LogP contribution is 2.34. The summed E-state index contributed by atoms with van der Waals surface area (Å²) in [7, 11) is 0. The fourth-order valence-corrected chi connectivity index (χ4v) is 3.87. The van der Waals surface area contributed by atoms with Crippen molar-refractivity contribution in [3.63, 3.8) is 0 Å². The lowest BCUT2D eigenvalue weighted by atomic mass is 9.83. The van der Waals surface area contributed by atoms with E-state index in [9.17, 15) is 14.0 Å². The maximum absolute atomic E-state index is 14.2. The van der Waals surface area contributed by atoms with Gasteiger partial charge in [0, 0.05) is 12.6 Å². The summed E-state index contributed by atoms with van der Waals surface area (Å²) in [5, 5.41) is 2.77. The molecule has 3 fully saturated rings. The summed E-state index contributed by atoms with van der Waals surface area (Å²) in [5.74, 6) is -0.985. The number of hydrogen-bond donors (Lipinski definition) is 2. The van der Waals surface area contributed by atoms with Crippen LogP contribution in [0.2, 0.25) is 5.15 Å². The smallest absolute Gasteiger partial charge is 0.410 e. The molecule has 3 atom stereocenters. The molecular formula is C18H21ClFN5O4. The van der Waals surface area contributed by atoms with Crippen molar-refractivity contribution in [3.8, 4) is 5.88 Å². The van der Waals surface area contributed by atoms with Crippen LogP contribution in [0.25, 0.3) is 10.9 Å². The van der Waals surface area contributed by atoms with E-state index in [2.05, 4.69) is 20.3 Å². The van der Waals surface area contributed by atoms with E-state index in [1.54, 1.807) is 4.90 Å². The Labute approximate surface area is 170 Å². The summed E-state index contributed by atoms with van der Waals surface area (Å²) < 4.78 is 25.4. The van der Waals surface area contributed by atoms with Gasteiger partial charge in [0.15, 0.2) is 11.0 Å². The third kappa shape index (κ3) is 3.62. The van der Waals surface area contributed by atoms with Crippen LogP contribution < -0.4 is 15.6 Å². The van der Waals surface area contributed by atoms with Gasteiger partial charge in [-0.25, -0.2) is 14.2 Å². The molecule has 3 saturated heterocycles. The van der Waals surface area contributed by atoms with Crippen LogP contribution in [-0.2, 0) is 4.74 Å². The Morgan fingerprint density at radius 2 is 2.21 bits per heavy atom. The van der Waals surface area contributed by atoms with Gasteiger partial charge in [0.25, 0.3) is 5.56 Å². The molecule has 0 aliphatic carbocycles. The van der Waals surface area contributed by atoms with Gasteiger partial charge in [-0.15, -0.1) is 0 Å². The second kappa shape index (κ2) is 7.10. The molecule has 0 radical (unpaired) electrons. The van der Waals surface area contributed by atoms with Crippen molar-refractivity contribution in [2.24, 2.45) is 0 Å². The van der Waals surface area contributed by atoms with Crippen molar-refractivity contribution in [1.29, 1.82) is 0 Å². The van der Waals surface area contributed by atoms with E-state index in [0.29, 0.717) is 6.54 Å². The number of aromatic amines is 1. The first-order valence-corrected chi connectivity index (χ1v) is 9.63. The number of nitrogens with zero attached hydrogens (tertiary/aromatic N) is 3. The summed E-state index contributed by atoms with van der Waals surface area (Å²) in [6, 6.07) is -0.233. The predicted molar refractivity (Wildman–Crippen MR) is 103 cm³/mol. The van der Waals surface area contributed by atoms with Gasteiger partial charge in [-0.1, -0.05) is 11.6 Å². The minimum Gasteiger partial charge on any atom is -0.475 e. The predicted octanol–water partition coefficient (Wildman–Crippen LogP) is 1.84. The van der Waals surface area contributed by atoms with Gasteiger partial charge in [0.1, 0.15) is 23.1 Å². The number of piperazine rings is 1. The van der Waals surface area contributed by atoms with Gasteiger partial charge in [-0.3, -0.25) is 9.69 Å². The Balaban J connectivity index is 1.52. The molecular weight excluding hydrogens is 405 g/mol. The van der Waals surface area contributed by atoms with Gasteiger partial charge in [-0.2, -0.15) is 4.98 Å². The summed E-state index contributed by atoms with van der Waals surface area (Å²) in [6.07, 6.45) is 1.55. The molecule has 2 aromatic rings. The second-order valence-electron chi connectivity index (χ2n) is 8.15. The summed E-state index contributed by atoms with van der Waals surface area (Å²) >= 11 is 5.83. The Morgan fingerprint density at radius 3 is 2.90 bits per heavy atom. The number of nitrogens with one attached hydrogen (secondary N) is 2. The number of carbonyl (C=O) groups excluding carboxylic acids is 1. The normalized spacial score (nSPS) is 23.6. The molecule has 2 N–H and O–H groups in total. The van der Waals surface area contributed by atoms with E-state index in [1.807, 2.05) is 20.8 Å². The lowest BCUT2D eigenvalue weighted by molar-refractivity contribution is -0.0654. The molecule has 5 heterocycles. The minimum absolute atomic E-state index is 0.0809. The zero-order chi connectivity index (χ0) is 20.9. The molecule has 1 unspecified atom stereocenters. The monoisotopic (exact) mass is 425 g/mol. The Morgan fingerprint density at radius 1 is 1.45 bits per heavy atom. The molecule has 0 aromatic carbocycles. The SMILES string of the molecule is CC(C)(C)OC(=O)N1C2CN[C@H](COc3nc(Cl)c(F)c4nc[nH]c(=O)c34)[C@@H]1C2. The molecule has 3 aliphatic rings. The van der Waals surface area contributed by atoms with E-state index in [1.165, 1.54) is 0 Å². The highest BCUT2D eigenvalue weighted by molar-refractivity contribution is 6.30. The second-order valence-corrected chi connectivity index (χ2v) is 8.51. The van der Waals surface area contributed by atoms with Crippen LogP contribution in [0.1, 0.15) is 27.2 Å². The molecule has 156 valence electrons. The fourth-order valence-electron chi connectivity index (χ4n) is 3.70. The van der Waals surface area contributed by atoms with Crippen LogP contribution in [0.5, 0.6) is 5.88 Å². The topological polar surface area (TPSA) is 109 Å². The number of pyridine rings is 1. The molecule has 2 bridgehead atoms. The average molecular weight is 426 g/mol. The van der Waals surface area contributed by atoms with Crippen LogP contribution in [0.4, 0.5) is 9.18 Å². The first-order chi connectivity index (χ1) is 13.7. The molecule has 2 aromatic heterocycles. The van der Waals surface area contributed by atoms with Gasteiger partial charge in [-0.05, 0) is 27.2 Å². The number of piperidine rings is 1. The Kier molecular flexibility index (Phi) is 4.86. The summed E-state index contributed by atoms with van der Waals surface area (Å²) in [5.41, 5.74) is -1.37. The first kappa shape index (κ1) is 19.8. The number of H-pyrrole nitrogens is 1. The summed E-state index contributed by atoms with van der Waals surface area (Å²) in [6.45, 7) is 6.17. The molecule has 1 amide bonds. The number of carbonyl (C=O) groups is 1. The number of aromatic nitrogens is 3. The van der Waals surface area contributed by atoms with Crippen molar-refractivity contribution in [1.82, 2.24) is 25.2 Å². The lowest BCUT2D eigenvalue weighted by Gasteiger charge is -2.56. The molecule has 0 spiro atoms. The van der Waals surface area contributed by atoms with Gasteiger partial charge in [0.2, 0.25) is 5.88 Å². The van der Waals surface area contributed by atoms with E-state index in [0.717, 1.165) is 12.7 Å². The minimum atomic E-state index is -0.881.